The summed E-state index contributed by atoms with van der Waals surface area (Å²) in [6.45, 7) is 2.20. The number of imidazole rings is 1. The Bertz CT molecular complexity index is 988. The van der Waals surface area contributed by atoms with E-state index >= 15 is 0 Å². The van der Waals surface area contributed by atoms with Crippen LogP contribution in [0.25, 0.3) is 11.3 Å². The number of nitrogens with one attached hydrogen (secondary N) is 3. The number of nitrogens with zero attached hydrogens (tertiary/aromatic N) is 2. The first kappa shape index (κ1) is 19.9. The van der Waals surface area contributed by atoms with Gasteiger partial charge in [0.25, 0.3) is 12.3 Å². The van der Waals surface area contributed by atoms with Gasteiger partial charge in [0.05, 0.1) is 11.3 Å². The zero-order valence-electron chi connectivity index (χ0n) is 15.2. The van der Waals surface area contributed by atoms with Crippen LogP contribution < -0.4 is 10.6 Å². The monoisotopic (exact) mass is 405 g/mol. The normalized spacial score (nSPS) is 11.1. The van der Waals surface area contributed by atoms with Gasteiger partial charge in [-0.25, -0.2) is 13.8 Å². The van der Waals surface area contributed by atoms with Gasteiger partial charge in [-0.3, -0.25) is 15.1 Å². The third kappa shape index (κ3) is 4.35. The molecular weight excluding hydrogens is 388 g/mol. The van der Waals surface area contributed by atoms with Crippen LogP contribution in [-0.2, 0) is 6.54 Å². The Kier molecular flexibility index (Phi) is 6.01. The summed E-state index contributed by atoms with van der Waals surface area (Å²) in [5.74, 6) is -0.552. The van der Waals surface area contributed by atoms with Gasteiger partial charge in [-0.05, 0) is 37.7 Å². The maximum Gasteiger partial charge on any atom is 0.281 e. The molecule has 0 aliphatic rings. The zero-order chi connectivity index (χ0) is 20.3. The second kappa shape index (κ2) is 8.45. The molecule has 0 radical (unpaired) electrons. The molecule has 0 atom stereocenters. The highest BCUT2D eigenvalue weighted by atomic mass is 35.5. The quantitative estimate of drug-likeness (QED) is 0.569. The molecule has 2 heterocycles. The first-order chi connectivity index (χ1) is 13.4. The highest BCUT2D eigenvalue weighted by molar-refractivity contribution is 6.30. The van der Waals surface area contributed by atoms with Gasteiger partial charge in [0.15, 0.2) is 0 Å². The fourth-order valence-electron chi connectivity index (χ4n) is 2.76. The van der Waals surface area contributed by atoms with Crippen LogP contribution in [-0.4, -0.2) is 27.9 Å². The second-order valence-corrected chi connectivity index (χ2v) is 6.56. The van der Waals surface area contributed by atoms with Gasteiger partial charge in [0.2, 0.25) is 5.95 Å². The van der Waals surface area contributed by atoms with Crippen molar-refractivity contribution in [3.8, 4) is 11.3 Å². The molecule has 3 N–H and O–H groups in total. The predicted octanol–water partition coefficient (Wildman–Crippen LogP) is 4.34. The number of hydrogen-bond donors (Lipinski definition) is 3. The van der Waals surface area contributed by atoms with Gasteiger partial charge in [0.1, 0.15) is 5.69 Å². The van der Waals surface area contributed by atoms with Crippen molar-refractivity contribution in [3.63, 3.8) is 0 Å². The van der Waals surface area contributed by atoms with E-state index in [-0.39, 0.29) is 11.5 Å². The summed E-state index contributed by atoms with van der Waals surface area (Å²) >= 11 is 5.90. The lowest BCUT2D eigenvalue weighted by Crippen LogP contribution is -2.18. The number of alkyl halides is 2. The molecular formula is C19H18ClF2N5O. The number of amides is 1. The van der Waals surface area contributed by atoms with E-state index in [2.05, 4.69) is 25.6 Å². The number of benzene rings is 1. The molecule has 0 aliphatic heterocycles. The second-order valence-electron chi connectivity index (χ2n) is 6.13. The molecule has 6 nitrogen and oxygen atoms in total. The SMILES string of the molecule is CNCc1cnc(C(F)F)c(C(=O)Nc2nc(-c3ccc(Cl)cc3)c(C)[nH]2)c1. The number of carbonyl (C=O) groups excluding carboxylic acids is 1. The van der Waals surface area contributed by atoms with Crippen molar-refractivity contribution in [1.29, 1.82) is 0 Å². The molecule has 0 saturated heterocycles. The van der Waals surface area contributed by atoms with Crippen molar-refractivity contribution >= 4 is 23.5 Å². The molecule has 146 valence electrons. The number of H-pyrrole nitrogens is 1. The predicted molar refractivity (Wildman–Crippen MR) is 104 cm³/mol. The summed E-state index contributed by atoms with van der Waals surface area (Å²) in [5, 5.41) is 6.03. The lowest BCUT2D eigenvalue weighted by Gasteiger charge is -2.10. The molecule has 0 fully saturated rings. The maximum atomic E-state index is 13.3. The fourth-order valence-corrected chi connectivity index (χ4v) is 2.88. The van der Waals surface area contributed by atoms with Crippen molar-refractivity contribution in [2.24, 2.45) is 0 Å². The summed E-state index contributed by atoms with van der Waals surface area (Å²) in [4.78, 5) is 23.7. The van der Waals surface area contributed by atoms with E-state index < -0.39 is 18.0 Å². The molecule has 0 aliphatic carbocycles. The number of halogens is 3. The number of rotatable bonds is 6. The van der Waals surface area contributed by atoms with E-state index in [1.54, 1.807) is 38.2 Å². The molecule has 0 saturated carbocycles. The van der Waals surface area contributed by atoms with Gasteiger partial charge in [0, 0.05) is 29.0 Å². The largest absolute Gasteiger partial charge is 0.328 e. The topological polar surface area (TPSA) is 82.7 Å². The Labute approximate surface area is 165 Å². The Morgan fingerprint density at radius 3 is 2.64 bits per heavy atom. The minimum atomic E-state index is -2.87. The average molecular weight is 406 g/mol. The number of aryl methyl sites for hydroxylation is 1. The highest BCUT2D eigenvalue weighted by Gasteiger charge is 2.22. The lowest BCUT2D eigenvalue weighted by atomic mass is 10.1. The summed E-state index contributed by atoms with van der Waals surface area (Å²) in [7, 11) is 1.71. The van der Waals surface area contributed by atoms with Gasteiger partial charge in [-0.15, -0.1) is 0 Å². The molecule has 9 heteroatoms. The Balaban J connectivity index is 1.88. The van der Waals surface area contributed by atoms with Crippen molar-refractivity contribution < 1.29 is 13.6 Å². The summed E-state index contributed by atoms with van der Waals surface area (Å²) in [6, 6.07) is 8.47. The zero-order valence-corrected chi connectivity index (χ0v) is 15.9. The standard InChI is InChI=1S/C19H18ClF2N5O/c1-10-15(12-3-5-13(20)6-4-12)26-19(25-10)27-18(28)14-7-11(8-23-2)9-24-16(14)17(21)22/h3-7,9,17,23H,8H2,1-2H3,(H2,25,26,27,28). The van der Waals surface area contributed by atoms with Crippen LogP contribution >= 0.6 is 11.6 Å². The number of carbonyl (C=O) groups is 1. The van der Waals surface area contributed by atoms with Gasteiger partial charge < -0.3 is 10.3 Å². The summed E-state index contributed by atoms with van der Waals surface area (Å²) in [5.41, 5.74) is 2.01. The van der Waals surface area contributed by atoms with Crippen molar-refractivity contribution in [2.75, 3.05) is 12.4 Å². The van der Waals surface area contributed by atoms with Crippen LogP contribution in [0.15, 0.2) is 36.5 Å². The van der Waals surface area contributed by atoms with Crippen LogP contribution in [0, 0.1) is 6.92 Å². The Hall–Kier alpha value is -2.84. The van der Waals surface area contributed by atoms with E-state index in [0.717, 1.165) is 5.56 Å². The van der Waals surface area contributed by atoms with Crippen LogP contribution in [0.4, 0.5) is 14.7 Å². The number of hydrogen-bond acceptors (Lipinski definition) is 4. The number of pyridine rings is 1. The molecule has 3 aromatic rings. The first-order valence-corrected chi connectivity index (χ1v) is 8.82. The molecule has 3 rings (SSSR count). The molecule has 1 amide bonds. The number of aromatic nitrogens is 3. The number of aromatic amines is 1. The first-order valence-electron chi connectivity index (χ1n) is 8.44. The summed E-state index contributed by atoms with van der Waals surface area (Å²) in [6.07, 6.45) is -1.54. The highest BCUT2D eigenvalue weighted by Crippen LogP contribution is 2.26. The smallest absolute Gasteiger partial charge is 0.281 e. The van der Waals surface area contributed by atoms with Crippen molar-refractivity contribution in [2.45, 2.75) is 19.9 Å². The van der Waals surface area contributed by atoms with E-state index in [9.17, 15) is 13.6 Å². The molecule has 2 aromatic heterocycles. The molecule has 1 aromatic carbocycles. The molecule has 0 unspecified atom stereocenters. The van der Waals surface area contributed by atoms with Crippen LogP contribution in [0.3, 0.4) is 0 Å². The third-order valence-corrected chi connectivity index (χ3v) is 4.29. The van der Waals surface area contributed by atoms with Gasteiger partial charge in [-0.1, -0.05) is 23.7 Å². The summed E-state index contributed by atoms with van der Waals surface area (Å²) < 4.78 is 26.5. The van der Waals surface area contributed by atoms with Gasteiger partial charge in [-0.2, -0.15) is 0 Å². The van der Waals surface area contributed by atoms with Crippen molar-refractivity contribution in [1.82, 2.24) is 20.3 Å². The Morgan fingerprint density at radius 1 is 1.29 bits per heavy atom. The molecule has 0 spiro atoms. The van der Waals surface area contributed by atoms with Crippen LogP contribution in [0.1, 0.15) is 33.7 Å². The van der Waals surface area contributed by atoms with Crippen LogP contribution in [0.5, 0.6) is 0 Å². The van der Waals surface area contributed by atoms with Gasteiger partial charge >= 0.3 is 0 Å². The maximum absolute atomic E-state index is 13.3. The van der Waals surface area contributed by atoms with Crippen LogP contribution in [0.2, 0.25) is 5.02 Å². The van der Waals surface area contributed by atoms with E-state index in [4.69, 9.17) is 11.6 Å². The third-order valence-electron chi connectivity index (χ3n) is 4.04. The molecule has 0 bridgehead atoms. The van der Waals surface area contributed by atoms with Crippen molar-refractivity contribution in [3.05, 3.63) is 64.1 Å². The molecule has 28 heavy (non-hydrogen) atoms. The van der Waals surface area contributed by atoms with E-state index in [1.165, 1.54) is 12.3 Å². The number of anilines is 1. The minimum Gasteiger partial charge on any atom is -0.328 e. The van der Waals surface area contributed by atoms with E-state index in [0.29, 0.717) is 28.5 Å². The van der Waals surface area contributed by atoms with E-state index in [1.807, 2.05) is 0 Å². The fraction of sp³-hybridized carbons (Fsp3) is 0.211. The minimum absolute atomic E-state index is 0.159. The average Bonchev–Trinajstić information content (AvgIpc) is 3.02. The lowest BCUT2D eigenvalue weighted by molar-refractivity contribution is 0.100. The Morgan fingerprint density at radius 2 is 2.00 bits per heavy atom.